The SMILES string of the molecule is O=C(c1ccc(-c2ccccc2)cc1)N1CCn2c(nnc2-c2nc(-c3ccc(F)cc3)no2)C1. The molecular formula is C26H19FN6O2. The van der Waals surface area contributed by atoms with Crippen molar-refractivity contribution in [2.24, 2.45) is 0 Å². The number of halogens is 1. The summed E-state index contributed by atoms with van der Waals surface area (Å²) < 4.78 is 20.5. The Hall–Kier alpha value is -4.66. The van der Waals surface area contributed by atoms with Crippen molar-refractivity contribution in [3.8, 4) is 34.2 Å². The maximum Gasteiger partial charge on any atom is 0.296 e. The van der Waals surface area contributed by atoms with E-state index in [9.17, 15) is 9.18 Å². The van der Waals surface area contributed by atoms with E-state index in [2.05, 4.69) is 20.3 Å². The molecule has 0 bridgehead atoms. The third-order valence-electron chi connectivity index (χ3n) is 6.00. The molecule has 6 rings (SSSR count). The number of fused-ring (bicyclic) bond motifs is 1. The highest BCUT2D eigenvalue weighted by atomic mass is 19.1. The molecule has 2 aromatic heterocycles. The van der Waals surface area contributed by atoms with Crippen molar-refractivity contribution in [1.29, 1.82) is 0 Å². The molecule has 3 heterocycles. The highest BCUT2D eigenvalue weighted by Crippen LogP contribution is 2.25. The largest absolute Gasteiger partial charge is 0.330 e. The van der Waals surface area contributed by atoms with Gasteiger partial charge in [-0.25, -0.2) is 4.39 Å². The van der Waals surface area contributed by atoms with Gasteiger partial charge in [-0.05, 0) is 47.5 Å². The van der Waals surface area contributed by atoms with Crippen LogP contribution in [-0.2, 0) is 13.1 Å². The molecule has 1 aliphatic rings. The molecule has 0 N–H and O–H groups in total. The van der Waals surface area contributed by atoms with E-state index in [1.807, 2.05) is 59.2 Å². The number of amides is 1. The highest BCUT2D eigenvalue weighted by molar-refractivity contribution is 5.94. The van der Waals surface area contributed by atoms with E-state index in [1.165, 1.54) is 12.1 Å². The van der Waals surface area contributed by atoms with Gasteiger partial charge in [-0.3, -0.25) is 4.79 Å². The Morgan fingerprint density at radius 1 is 0.829 bits per heavy atom. The van der Waals surface area contributed by atoms with Crippen molar-refractivity contribution >= 4 is 5.91 Å². The number of carbonyl (C=O) groups is 1. The second kappa shape index (κ2) is 8.60. The molecule has 0 fully saturated rings. The number of rotatable bonds is 4. The zero-order valence-electron chi connectivity index (χ0n) is 18.5. The van der Waals surface area contributed by atoms with Crippen LogP contribution >= 0.6 is 0 Å². The lowest BCUT2D eigenvalue weighted by Gasteiger charge is -2.27. The topological polar surface area (TPSA) is 89.9 Å². The minimum Gasteiger partial charge on any atom is -0.330 e. The fourth-order valence-electron chi connectivity index (χ4n) is 4.14. The van der Waals surface area contributed by atoms with Crippen LogP contribution in [0.4, 0.5) is 4.39 Å². The third-order valence-corrected chi connectivity index (χ3v) is 6.00. The Morgan fingerprint density at radius 2 is 1.54 bits per heavy atom. The van der Waals surface area contributed by atoms with Crippen LogP contribution in [0.15, 0.2) is 83.4 Å². The summed E-state index contributed by atoms with van der Waals surface area (Å²) in [5.41, 5.74) is 3.42. The minimum atomic E-state index is -0.338. The molecule has 8 nitrogen and oxygen atoms in total. The second-order valence-electron chi connectivity index (χ2n) is 8.19. The number of carbonyl (C=O) groups excluding carboxylic acids is 1. The van der Waals surface area contributed by atoms with Gasteiger partial charge in [0.15, 0.2) is 5.82 Å². The molecule has 1 amide bonds. The summed E-state index contributed by atoms with van der Waals surface area (Å²) in [4.78, 5) is 19.3. The molecule has 5 aromatic rings. The summed E-state index contributed by atoms with van der Waals surface area (Å²) in [5.74, 6) is 1.25. The molecule has 0 aliphatic carbocycles. The van der Waals surface area contributed by atoms with E-state index in [4.69, 9.17) is 4.52 Å². The van der Waals surface area contributed by atoms with Crippen molar-refractivity contribution in [2.75, 3.05) is 6.54 Å². The number of benzene rings is 3. The smallest absolute Gasteiger partial charge is 0.296 e. The van der Waals surface area contributed by atoms with E-state index in [0.717, 1.165) is 11.1 Å². The maximum atomic E-state index is 13.2. The average molecular weight is 466 g/mol. The van der Waals surface area contributed by atoms with Gasteiger partial charge in [0.25, 0.3) is 11.8 Å². The summed E-state index contributed by atoms with van der Waals surface area (Å²) >= 11 is 0. The lowest BCUT2D eigenvalue weighted by Crippen LogP contribution is -2.38. The van der Waals surface area contributed by atoms with Gasteiger partial charge in [0.2, 0.25) is 11.6 Å². The van der Waals surface area contributed by atoms with Crippen LogP contribution in [0.25, 0.3) is 34.2 Å². The lowest BCUT2D eigenvalue weighted by atomic mass is 10.0. The molecule has 0 saturated carbocycles. The fraction of sp³-hybridized carbons (Fsp3) is 0.115. The summed E-state index contributed by atoms with van der Waals surface area (Å²) in [6.07, 6.45) is 0. The van der Waals surface area contributed by atoms with E-state index in [-0.39, 0.29) is 17.6 Å². The molecule has 0 saturated heterocycles. The molecule has 3 aromatic carbocycles. The maximum absolute atomic E-state index is 13.2. The van der Waals surface area contributed by atoms with E-state index < -0.39 is 0 Å². The first-order valence-corrected chi connectivity index (χ1v) is 11.1. The third kappa shape index (κ3) is 3.97. The molecular weight excluding hydrogens is 447 g/mol. The zero-order valence-corrected chi connectivity index (χ0v) is 18.5. The Kier molecular flexibility index (Phi) is 5.14. The summed E-state index contributed by atoms with van der Waals surface area (Å²) in [5, 5.41) is 12.4. The van der Waals surface area contributed by atoms with Gasteiger partial charge in [-0.15, -0.1) is 10.2 Å². The molecule has 0 spiro atoms. The van der Waals surface area contributed by atoms with Crippen LogP contribution in [0, 0.1) is 5.82 Å². The van der Waals surface area contributed by atoms with Gasteiger partial charge < -0.3 is 14.0 Å². The van der Waals surface area contributed by atoms with Crippen molar-refractivity contribution in [1.82, 2.24) is 29.8 Å². The molecule has 0 unspecified atom stereocenters. The fourth-order valence-corrected chi connectivity index (χ4v) is 4.14. The Bertz CT molecular complexity index is 1490. The first kappa shape index (κ1) is 20.9. The van der Waals surface area contributed by atoms with Crippen molar-refractivity contribution in [3.63, 3.8) is 0 Å². The predicted molar refractivity (Wildman–Crippen MR) is 125 cm³/mol. The quantitative estimate of drug-likeness (QED) is 0.389. The van der Waals surface area contributed by atoms with E-state index in [1.54, 1.807) is 17.0 Å². The minimum absolute atomic E-state index is 0.0585. The van der Waals surface area contributed by atoms with Crippen LogP contribution < -0.4 is 0 Å². The van der Waals surface area contributed by atoms with Crippen LogP contribution in [0.5, 0.6) is 0 Å². The summed E-state index contributed by atoms with van der Waals surface area (Å²) in [6.45, 7) is 1.32. The zero-order chi connectivity index (χ0) is 23.8. The van der Waals surface area contributed by atoms with Gasteiger partial charge in [-0.1, -0.05) is 47.6 Å². The Balaban J connectivity index is 1.19. The molecule has 172 valence electrons. The summed E-state index contributed by atoms with van der Waals surface area (Å²) in [6, 6.07) is 23.5. The van der Waals surface area contributed by atoms with Crippen molar-refractivity contribution < 1.29 is 13.7 Å². The van der Waals surface area contributed by atoms with Crippen molar-refractivity contribution in [3.05, 3.63) is 96.1 Å². The number of nitrogens with zero attached hydrogens (tertiary/aromatic N) is 6. The van der Waals surface area contributed by atoms with Gasteiger partial charge in [-0.2, -0.15) is 4.98 Å². The number of aromatic nitrogens is 5. The monoisotopic (exact) mass is 466 g/mol. The summed E-state index contributed by atoms with van der Waals surface area (Å²) in [7, 11) is 0. The average Bonchev–Trinajstić information content (AvgIpc) is 3.56. The van der Waals surface area contributed by atoms with E-state index in [0.29, 0.717) is 48.2 Å². The molecule has 35 heavy (non-hydrogen) atoms. The second-order valence-corrected chi connectivity index (χ2v) is 8.19. The Labute approximate surface area is 199 Å². The lowest BCUT2D eigenvalue weighted by molar-refractivity contribution is 0.0708. The van der Waals surface area contributed by atoms with Gasteiger partial charge in [0.1, 0.15) is 5.82 Å². The Morgan fingerprint density at radius 3 is 2.31 bits per heavy atom. The first-order chi connectivity index (χ1) is 17.2. The van der Waals surface area contributed by atoms with Gasteiger partial charge in [0.05, 0.1) is 6.54 Å². The first-order valence-electron chi connectivity index (χ1n) is 11.1. The van der Waals surface area contributed by atoms with Gasteiger partial charge >= 0.3 is 0 Å². The van der Waals surface area contributed by atoms with Crippen LogP contribution in [0.3, 0.4) is 0 Å². The molecule has 9 heteroatoms. The molecule has 0 radical (unpaired) electrons. The van der Waals surface area contributed by atoms with Crippen molar-refractivity contribution in [2.45, 2.75) is 13.1 Å². The van der Waals surface area contributed by atoms with Crippen LogP contribution in [0.1, 0.15) is 16.2 Å². The number of hydrogen-bond acceptors (Lipinski definition) is 6. The molecule has 1 aliphatic heterocycles. The standard InChI is InChI=1S/C26H19FN6O2/c27-21-12-10-19(11-13-21)23-28-25(35-31-23)24-30-29-22-16-32(14-15-33(22)24)26(34)20-8-6-18(7-9-20)17-4-2-1-3-5-17/h1-13H,14-16H2. The normalized spacial score (nSPS) is 13.0. The van der Waals surface area contributed by atoms with Crippen LogP contribution in [0.2, 0.25) is 0 Å². The molecule has 0 atom stereocenters. The van der Waals surface area contributed by atoms with Gasteiger partial charge in [0, 0.05) is 24.2 Å². The number of hydrogen-bond donors (Lipinski definition) is 0. The van der Waals surface area contributed by atoms with E-state index >= 15 is 0 Å². The predicted octanol–water partition coefficient (Wildman–Crippen LogP) is 4.46. The highest BCUT2D eigenvalue weighted by Gasteiger charge is 2.28. The van der Waals surface area contributed by atoms with Crippen LogP contribution in [-0.4, -0.2) is 42.3 Å².